The quantitative estimate of drug-likeness (QED) is 0.826. The van der Waals surface area contributed by atoms with Gasteiger partial charge in [0.15, 0.2) is 0 Å². The van der Waals surface area contributed by atoms with Crippen LogP contribution in [0.2, 0.25) is 5.02 Å². The zero-order chi connectivity index (χ0) is 15.9. The van der Waals surface area contributed by atoms with Gasteiger partial charge in [0.1, 0.15) is 5.75 Å². The summed E-state index contributed by atoms with van der Waals surface area (Å²) in [5.41, 5.74) is 0.707. The zero-order valence-corrected chi connectivity index (χ0v) is 14.2. The van der Waals surface area contributed by atoms with E-state index >= 15 is 0 Å². The molecule has 0 spiro atoms. The van der Waals surface area contributed by atoms with Gasteiger partial charge in [0.25, 0.3) is 0 Å². The van der Waals surface area contributed by atoms with Gasteiger partial charge in [-0.3, -0.25) is 9.69 Å². The van der Waals surface area contributed by atoms with Gasteiger partial charge in [-0.2, -0.15) is 0 Å². The number of carbonyl (C=O) groups excluding carboxylic acids is 1. The van der Waals surface area contributed by atoms with E-state index < -0.39 is 0 Å². The first-order valence-electron chi connectivity index (χ1n) is 8.02. The van der Waals surface area contributed by atoms with Crippen LogP contribution < -0.4 is 10.1 Å². The van der Waals surface area contributed by atoms with Crippen molar-refractivity contribution in [2.45, 2.75) is 45.1 Å². The Labute approximate surface area is 137 Å². The second-order valence-corrected chi connectivity index (χ2v) is 6.30. The molecule has 1 saturated carbocycles. The van der Waals surface area contributed by atoms with E-state index in [0.29, 0.717) is 35.7 Å². The first-order valence-corrected chi connectivity index (χ1v) is 8.40. The predicted molar refractivity (Wildman–Crippen MR) is 90.8 cm³/mol. The Morgan fingerprint density at radius 2 is 2.14 bits per heavy atom. The van der Waals surface area contributed by atoms with Crippen molar-refractivity contribution in [1.82, 2.24) is 4.90 Å². The van der Waals surface area contributed by atoms with Crippen molar-refractivity contribution in [2.75, 3.05) is 25.5 Å². The molecule has 4 nitrogen and oxygen atoms in total. The van der Waals surface area contributed by atoms with Gasteiger partial charge < -0.3 is 10.1 Å². The van der Waals surface area contributed by atoms with Crippen molar-refractivity contribution in [1.29, 1.82) is 0 Å². The highest BCUT2D eigenvalue weighted by atomic mass is 35.5. The molecule has 1 N–H and O–H groups in total. The van der Waals surface area contributed by atoms with Crippen LogP contribution in [0.15, 0.2) is 18.2 Å². The molecule has 1 fully saturated rings. The summed E-state index contributed by atoms with van der Waals surface area (Å²) < 4.78 is 5.53. The number of halogens is 1. The SMILES string of the molecule is CCCOc1ccc(NC(=O)CN(C)C2CCCC2)cc1Cl. The van der Waals surface area contributed by atoms with E-state index in [2.05, 4.69) is 10.2 Å². The lowest BCUT2D eigenvalue weighted by molar-refractivity contribution is -0.117. The molecule has 0 heterocycles. The fourth-order valence-electron chi connectivity index (χ4n) is 2.81. The van der Waals surface area contributed by atoms with Crippen molar-refractivity contribution < 1.29 is 9.53 Å². The van der Waals surface area contributed by atoms with Crippen LogP contribution in [-0.4, -0.2) is 37.0 Å². The summed E-state index contributed by atoms with van der Waals surface area (Å²) in [4.78, 5) is 14.3. The van der Waals surface area contributed by atoms with E-state index in [1.165, 1.54) is 25.7 Å². The Hall–Kier alpha value is -1.26. The molecule has 0 radical (unpaired) electrons. The molecule has 0 atom stereocenters. The Kier molecular flexibility index (Phi) is 6.52. The summed E-state index contributed by atoms with van der Waals surface area (Å²) in [6.45, 7) is 3.09. The summed E-state index contributed by atoms with van der Waals surface area (Å²) in [5.74, 6) is 0.650. The van der Waals surface area contributed by atoms with Crippen LogP contribution in [-0.2, 0) is 4.79 Å². The maximum atomic E-state index is 12.1. The van der Waals surface area contributed by atoms with Gasteiger partial charge in [-0.05, 0) is 44.5 Å². The lowest BCUT2D eigenvalue weighted by Gasteiger charge is -2.23. The van der Waals surface area contributed by atoms with Crippen molar-refractivity contribution in [2.24, 2.45) is 0 Å². The molecular weight excluding hydrogens is 300 g/mol. The average Bonchev–Trinajstić information content (AvgIpc) is 3.00. The number of benzene rings is 1. The van der Waals surface area contributed by atoms with Crippen LogP contribution in [0, 0.1) is 0 Å². The number of hydrogen-bond acceptors (Lipinski definition) is 3. The molecule has 5 heteroatoms. The topological polar surface area (TPSA) is 41.6 Å². The van der Waals surface area contributed by atoms with Gasteiger partial charge in [0, 0.05) is 11.7 Å². The number of likely N-dealkylation sites (N-methyl/N-ethyl adjacent to an activating group) is 1. The predicted octanol–water partition coefficient (Wildman–Crippen LogP) is 3.94. The molecule has 2 rings (SSSR count). The molecule has 0 aromatic heterocycles. The van der Waals surface area contributed by atoms with Crippen LogP contribution >= 0.6 is 11.6 Å². The van der Waals surface area contributed by atoms with E-state index in [0.717, 1.165) is 6.42 Å². The number of carbonyl (C=O) groups is 1. The maximum absolute atomic E-state index is 12.1. The van der Waals surface area contributed by atoms with E-state index in [-0.39, 0.29) is 5.91 Å². The molecule has 0 saturated heterocycles. The second kappa shape index (κ2) is 8.39. The molecule has 0 unspecified atom stereocenters. The molecule has 1 aliphatic carbocycles. The van der Waals surface area contributed by atoms with E-state index in [9.17, 15) is 4.79 Å². The van der Waals surface area contributed by atoms with Gasteiger partial charge in [0.05, 0.1) is 18.2 Å². The fourth-order valence-corrected chi connectivity index (χ4v) is 3.04. The third-order valence-corrected chi connectivity index (χ3v) is 4.31. The maximum Gasteiger partial charge on any atom is 0.238 e. The fraction of sp³-hybridized carbons (Fsp3) is 0.588. The van der Waals surface area contributed by atoms with Crippen molar-refractivity contribution in [3.8, 4) is 5.75 Å². The molecule has 1 aromatic carbocycles. The van der Waals surface area contributed by atoms with Crippen molar-refractivity contribution >= 4 is 23.2 Å². The number of nitrogens with one attached hydrogen (secondary N) is 1. The minimum atomic E-state index is -0.00677. The third kappa shape index (κ3) is 4.89. The molecule has 1 aromatic rings. The van der Waals surface area contributed by atoms with E-state index in [4.69, 9.17) is 16.3 Å². The molecule has 22 heavy (non-hydrogen) atoms. The minimum absolute atomic E-state index is 0.00677. The summed E-state index contributed by atoms with van der Waals surface area (Å²) in [6, 6.07) is 5.90. The summed E-state index contributed by atoms with van der Waals surface area (Å²) >= 11 is 6.17. The Bertz CT molecular complexity index is 501. The van der Waals surface area contributed by atoms with E-state index in [1.54, 1.807) is 12.1 Å². The molecule has 0 aliphatic heterocycles. The summed E-state index contributed by atoms with van der Waals surface area (Å²) in [6.07, 6.45) is 5.86. The van der Waals surface area contributed by atoms with Crippen molar-refractivity contribution in [3.05, 3.63) is 23.2 Å². The summed E-state index contributed by atoms with van der Waals surface area (Å²) in [5, 5.41) is 3.42. The first kappa shape index (κ1) is 17.1. The van der Waals surface area contributed by atoms with Gasteiger partial charge in [-0.15, -0.1) is 0 Å². The Morgan fingerprint density at radius 1 is 1.41 bits per heavy atom. The normalized spacial score (nSPS) is 15.3. The number of rotatable bonds is 7. The second-order valence-electron chi connectivity index (χ2n) is 5.90. The Balaban J connectivity index is 1.86. The van der Waals surface area contributed by atoms with E-state index in [1.807, 2.05) is 20.0 Å². The number of ether oxygens (including phenoxy) is 1. The van der Waals surface area contributed by atoms with Gasteiger partial charge in [-0.1, -0.05) is 31.4 Å². The van der Waals surface area contributed by atoms with Crippen LogP contribution in [0.3, 0.4) is 0 Å². The third-order valence-electron chi connectivity index (χ3n) is 4.02. The highest BCUT2D eigenvalue weighted by molar-refractivity contribution is 6.32. The van der Waals surface area contributed by atoms with Crippen LogP contribution in [0.4, 0.5) is 5.69 Å². The standard InChI is InChI=1S/C17H25ClN2O2/c1-3-10-22-16-9-8-13(11-15(16)18)19-17(21)12-20(2)14-6-4-5-7-14/h8-9,11,14H,3-7,10,12H2,1-2H3,(H,19,21). The zero-order valence-electron chi connectivity index (χ0n) is 13.4. The lowest BCUT2D eigenvalue weighted by Crippen LogP contribution is -2.36. The van der Waals surface area contributed by atoms with Gasteiger partial charge in [0.2, 0.25) is 5.91 Å². The van der Waals surface area contributed by atoms with Crippen LogP contribution in [0.25, 0.3) is 0 Å². The number of amides is 1. The largest absolute Gasteiger partial charge is 0.492 e. The highest BCUT2D eigenvalue weighted by Gasteiger charge is 2.21. The van der Waals surface area contributed by atoms with Crippen LogP contribution in [0.1, 0.15) is 39.0 Å². The van der Waals surface area contributed by atoms with Gasteiger partial charge in [-0.25, -0.2) is 0 Å². The molecular formula is C17H25ClN2O2. The summed E-state index contributed by atoms with van der Waals surface area (Å²) in [7, 11) is 2.02. The number of nitrogens with zero attached hydrogens (tertiary/aromatic N) is 1. The first-order chi connectivity index (χ1) is 10.6. The molecule has 122 valence electrons. The van der Waals surface area contributed by atoms with Crippen LogP contribution in [0.5, 0.6) is 5.75 Å². The number of anilines is 1. The smallest absolute Gasteiger partial charge is 0.238 e. The average molecular weight is 325 g/mol. The molecule has 1 amide bonds. The Morgan fingerprint density at radius 3 is 2.77 bits per heavy atom. The monoisotopic (exact) mass is 324 g/mol. The lowest BCUT2D eigenvalue weighted by atomic mass is 10.2. The minimum Gasteiger partial charge on any atom is -0.492 e. The molecule has 0 bridgehead atoms. The highest BCUT2D eigenvalue weighted by Crippen LogP contribution is 2.28. The number of hydrogen-bond donors (Lipinski definition) is 1. The van der Waals surface area contributed by atoms with Crippen molar-refractivity contribution in [3.63, 3.8) is 0 Å². The van der Waals surface area contributed by atoms with Gasteiger partial charge >= 0.3 is 0 Å². The molecule has 1 aliphatic rings.